The molecule has 0 unspecified atom stereocenters. The second kappa shape index (κ2) is 10.3. The van der Waals surface area contributed by atoms with Crippen molar-refractivity contribution in [2.75, 3.05) is 26.2 Å². The van der Waals surface area contributed by atoms with E-state index in [0.29, 0.717) is 17.7 Å². The highest BCUT2D eigenvalue weighted by Gasteiger charge is 2.51. The van der Waals surface area contributed by atoms with Crippen LogP contribution in [-0.2, 0) is 17.9 Å². The Balaban J connectivity index is 0.000000152. The Morgan fingerprint density at radius 2 is 1.30 bits per heavy atom. The molecule has 4 aliphatic rings. The first kappa shape index (κ1) is 24.4. The van der Waals surface area contributed by atoms with E-state index in [0.717, 1.165) is 52.0 Å². The third-order valence-corrected chi connectivity index (χ3v) is 8.17. The Hall–Kier alpha value is -1.72. The van der Waals surface area contributed by atoms with Crippen LogP contribution in [0.5, 0.6) is 0 Å². The fourth-order valence-electron chi connectivity index (χ4n) is 5.42. The van der Waals surface area contributed by atoms with Crippen LogP contribution in [0.1, 0.15) is 49.7 Å². The standard InChI is InChI=1S/C14H19NO.C14H17NO.ClH/c2*16-13-11-15(9-8-14(13)6-7-14)10-12-4-2-1-3-5-12;/h1-5,13,16H,6-11H2;1-5H,6-11H2;1H/t13-;;/m1../s1. The van der Waals surface area contributed by atoms with Crippen molar-refractivity contribution in [3.63, 3.8) is 0 Å². The monoisotopic (exact) mass is 468 g/mol. The van der Waals surface area contributed by atoms with E-state index in [-0.39, 0.29) is 23.9 Å². The van der Waals surface area contributed by atoms with Crippen molar-refractivity contribution in [2.24, 2.45) is 10.8 Å². The van der Waals surface area contributed by atoms with Crippen LogP contribution in [0.25, 0.3) is 0 Å². The summed E-state index contributed by atoms with van der Waals surface area (Å²) in [5.74, 6) is 0.481. The molecule has 0 amide bonds. The predicted octanol–water partition coefficient (Wildman–Crippen LogP) is 4.70. The van der Waals surface area contributed by atoms with E-state index in [4.69, 9.17) is 0 Å². The number of carbonyl (C=O) groups excluding carboxylic acids is 1. The molecular formula is C28H37ClN2O2. The molecule has 2 aliphatic carbocycles. The predicted molar refractivity (Wildman–Crippen MR) is 134 cm³/mol. The van der Waals surface area contributed by atoms with Crippen LogP contribution >= 0.6 is 12.4 Å². The van der Waals surface area contributed by atoms with Gasteiger partial charge in [0.1, 0.15) is 0 Å². The van der Waals surface area contributed by atoms with Crippen LogP contribution < -0.4 is 0 Å². The SMILES string of the molecule is Cl.O=C1CN(Cc2ccccc2)CCC12CC2.O[C@@H]1CN(Cc2ccccc2)CCC12CC2. The highest BCUT2D eigenvalue weighted by Crippen LogP contribution is 2.53. The van der Waals surface area contributed by atoms with Crippen molar-refractivity contribution in [3.05, 3.63) is 71.8 Å². The number of aliphatic hydroxyl groups excluding tert-OH is 1. The largest absolute Gasteiger partial charge is 0.391 e. The van der Waals surface area contributed by atoms with Gasteiger partial charge >= 0.3 is 0 Å². The van der Waals surface area contributed by atoms with Gasteiger partial charge in [0, 0.05) is 25.0 Å². The smallest absolute Gasteiger partial charge is 0.153 e. The lowest BCUT2D eigenvalue weighted by Gasteiger charge is -2.36. The number of hydrogen-bond donors (Lipinski definition) is 1. The number of nitrogens with zero attached hydrogens (tertiary/aromatic N) is 2. The molecule has 2 spiro atoms. The summed E-state index contributed by atoms with van der Waals surface area (Å²) in [5, 5.41) is 10.1. The van der Waals surface area contributed by atoms with Gasteiger partial charge in [-0.15, -0.1) is 12.4 Å². The molecule has 2 aromatic carbocycles. The van der Waals surface area contributed by atoms with Gasteiger partial charge in [-0.25, -0.2) is 0 Å². The number of Topliss-reactive ketones (excluding diaryl/α,β-unsaturated/α-hetero) is 1. The molecule has 4 nitrogen and oxygen atoms in total. The molecule has 2 aromatic rings. The van der Waals surface area contributed by atoms with Gasteiger partial charge in [0.05, 0.1) is 12.6 Å². The van der Waals surface area contributed by atoms with Gasteiger partial charge in [-0.2, -0.15) is 0 Å². The second-order valence-corrected chi connectivity index (χ2v) is 10.5. The van der Waals surface area contributed by atoms with Gasteiger partial charge < -0.3 is 5.11 Å². The van der Waals surface area contributed by atoms with Crippen LogP contribution in [-0.4, -0.2) is 53.0 Å². The van der Waals surface area contributed by atoms with Gasteiger partial charge in [-0.05, 0) is 68.2 Å². The Labute approximate surface area is 204 Å². The quantitative estimate of drug-likeness (QED) is 0.706. The summed E-state index contributed by atoms with van der Waals surface area (Å²) in [7, 11) is 0. The molecule has 2 saturated heterocycles. The lowest BCUT2D eigenvalue weighted by Crippen LogP contribution is -2.44. The number of halogens is 1. The summed E-state index contributed by atoms with van der Waals surface area (Å²) in [6.45, 7) is 5.65. The van der Waals surface area contributed by atoms with E-state index >= 15 is 0 Å². The summed E-state index contributed by atoms with van der Waals surface area (Å²) in [5.41, 5.74) is 3.11. The maximum absolute atomic E-state index is 11.9. The molecule has 0 aromatic heterocycles. The zero-order chi connectivity index (χ0) is 22.0. The molecule has 2 heterocycles. The van der Waals surface area contributed by atoms with Crippen molar-refractivity contribution in [2.45, 2.75) is 57.7 Å². The number of benzene rings is 2. The van der Waals surface area contributed by atoms with E-state index in [1.807, 2.05) is 12.1 Å². The number of ketones is 1. The van der Waals surface area contributed by atoms with Gasteiger partial charge in [-0.3, -0.25) is 14.6 Å². The van der Waals surface area contributed by atoms with E-state index in [2.05, 4.69) is 58.3 Å². The highest BCUT2D eigenvalue weighted by atomic mass is 35.5. The van der Waals surface area contributed by atoms with Crippen LogP contribution in [0.15, 0.2) is 60.7 Å². The minimum Gasteiger partial charge on any atom is -0.391 e. The fourth-order valence-corrected chi connectivity index (χ4v) is 5.42. The second-order valence-electron chi connectivity index (χ2n) is 10.5. The summed E-state index contributed by atoms with van der Waals surface area (Å²) in [4.78, 5) is 16.6. The van der Waals surface area contributed by atoms with Crippen molar-refractivity contribution in [3.8, 4) is 0 Å². The van der Waals surface area contributed by atoms with Crippen LogP contribution in [0.3, 0.4) is 0 Å². The maximum atomic E-state index is 11.9. The third kappa shape index (κ3) is 5.86. The van der Waals surface area contributed by atoms with Crippen molar-refractivity contribution < 1.29 is 9.90 Å². The molecule has 6 rings (SSSR count). The normalized spacial score (nSPS) is 25.1. The highest BCUT2D eigenvalue weighted by molar-refractivity contribution is 5.89. The van der Waals surface area contributed by atoms with Gasteiger partial charge in [0.2, 0.25) is 0 Å². The molecule has 0 bridgehead atoms. The molecule has 0 radical (unpaired) electrons. The van der Waals surface area contributed by atoms with Crippen molar-refractivity contribution >= 4 is 18.2 Å². The average molecular weight is 469 g/mol. The lowest BCUT2D eigenvalue weighted by molar-refractivity contribution is -0.128. The Morgan fingerprint density at radius 3 is 1.79 bits per heavy atom. The molecule has 33 heavy (non-hydrogen) atoms. The molecule has 1 N–H and O–H groups in total. The molecule has 2 saturated carbocycles. The Kier molecular flexibility index (Phi) is 7.59. The van der Waals surface area contributed by atoms with E-state index in [1.165, 1.54) is 30.4 Å². The van der Waals surface area contributed by atoms with Crippen LogP contribution in [0, 0.1) is 10.8 Å². The summed E-state index contributed by atoms with van der Waals surface area (Å²) >= 11 is 0. The van der Waals surface area contributed by atoms with E-state index < -0.39 is 0 Å². The number of aliphatic hydroxyl groups is 1. The van der Waals surface area contributed by atoms with Crippen LogP contribution in [0.2, 0.25) is 0 Å². The molecule has 5 heteroatoms. The minimum absolute atomic E-state index is 0. The van der Waals surface area contributed by atoms with Gasteiger partial charge in [0.25, 0.3) is 0 Å². The molecule has 4 fully saturated rings. The fraction of sp³-hybridized carbons (Fsp3) is 0.536. The maximum Gasteiger partial charge on any atom is 0.153 e. The van der Waals surface area contributed by atoms with E-state index in [1.54, 1.807) is 0 Å². The molecular weight excluding hydrogens is 432 g/mol. The van der Waals surface area contributed by atoms with Crippen molar-refractivity contribution in [1.29, 1.82) is 0 Å². The number of piperidine rings is 2. The minimum atomic E-state index is -0.0926. The molecule has 1 atom stereocenters. The van der Waals surface area contributed by atoms with Gasteiger partial charge in [0.15, 0.2) is 5.78 Å². The number of rotatable bonds is 4. The Bertz CT molecular complexity index is 912. The lowest BCUT2D eigenvalue weighted by atomic mass is 9.90. The summed E-state index contributed by atoms with van der Waals surface area (Å²) < 4.78 is 0. The van der Waals surface area contributed by atoms with Gasteiger partial charge in [-0.1, -0.05) is 60.7 Å². The number of hydrogen-bond acceptors (Lipinski definition) is 4. The summed E-state index contributed by atoms with van der Waals surface area (Å²) in [6, 6.07) is 20.9. The first-order chi connectivity index (χ1) is 15.6. The zero-order valence-electron chi connectivity index (χ0n) is 19.5. The number of β-amino-alcohol motifs (C(OH)–C–C–N with tert-alkyl or cyclic N) is 1. The summed E-state index contributed by atoms with van der Waals surface area (Å²) in [6.07, 6.45) is 6.95. The zero-order valence-corrected chi connectivity index (χ0v) is 20.3. The molecule has 2 aliphatic heterocycles. The van der Waals surface area contributed by atoms with Crippen molar-refractivity contribution in [1.82, 2.24) is 9.80 Å². The van der Waals surface area contributed by atoms with E-state index in [9.17, 15) is 9.90 Å². The molecule has 178 valence electrons. The average Bonchev–Trinajstić information content (AvgIpc) is 3.73. The Morgan fingerprint density at radius 1 is 0.758 bits per heavy atom. The third-order valence-electron chi connectivity index (χ3n) is 8.17. The first-order valence-corrected chi connectivity index (χ1v) is 12.3. The number of likely N-dealkylation sites (tertiary alicyclic amines) is 2. The van der Waals surface area contributed by atoms with Crippen LogP contribution in [0.4, 0.5) is 0 Å². The first-order valence-electron chi connectivity index (χ1n) is 12.3. The number of carbonyl (C=O) groups is 1. The topological polar surface area (TPSA) is 43.8 Å².